The van der Waals surface area contributed by atoms with E-state index in [-0.39, 0.29) is 29.7 Å². The summed E-state index contributed by atoms with van der Waals surface area (Å²) >= 11 is 5.97. The fraction of sp³-hybridized carbons (Fsp3) is 0.647. The molecule has 1 aliphatic heterocycles. The molecule has 1 fully saturated rings. The number of nitrogens with one attached hydrogen (secondary N) is 1. The highest BCUT2D eigenvalue weighted by Crippen LogP contribution is 2.19. The van der Waals surface area contributed by atoms with Crippen molar-refractivity contribution in [1.82, 2.24) is 14.9 Å². The van der Waals surface area contributed by atoms with Crippen LogP contribution in [0.25, 0.3) is 0 Å². The van der Waals surface area contributed by atoms with Gasteiger partial charge in [0.2, 0.25) is 5.82 Å². The Bertz CT molecular complexity index is 655. The number of likely N-dealkylation sites (tertiary alicyclic amines) is 1. The molecule has 1 saturated heterocycles. The Morgan fingerprint density at radius 3 is 2.54 bits per heavy atom. The summed E-state index contributed by atoms with van der Waals surface area (Å²) in [5.41, 5.74) is -0.507. The third-order valence-electron chi connectivity index (χ3n) is 3.65. The van der Waals surface area contributed by atoms with Crippen molar-refractivity contribution in [2.24, 2.45) is 0 Å². The van der Waals surface area contributed by atoms with E-state index in [1.165, 1.54) is 0 Å². The molecule has 8 nitrogen and oxygen atoms in total. The SMILES string of the molecule is CCOC(=O)c1nc(Cl)cc(NC2CCN(C(=O)OC(C)(C)C)CC2)n1. The van der Waals surface area contributed by atoms with Crippen LogP contribution in [0.1, 0.15) is 51.2 Å². The topological polar surface area (TPSA) is 93.7 Å². The van der Waals surface area contributed by atoms with E-state index in [4.69, 9.17) is 21.1 Å². The maximum atomic E-state index is 12.1. The average Bonchev–Trinajstić information content (AvgIpc) is 2.53. The van der Waals surface area contributed by atoms with Gasteiger partial charge in [-0.2, -0.15) is 0 Å². The summed E-state index contributed by atoms with van der Waals surface area (Å²) in [5, 5.41) is 3.41. The number of anilines is 1. The van der Waals surface area contributed by atoms with Crippen molar-refractivity contribution in [3.05, 3.63) is 17.0 Å². The summed E-state index contributed by atoms with van der Waals surface area (Å²) in [4.78, 5) is 33.6. The van der Waals surface area contributed by atoms with E-state index >= 15 is 0 Å². The second kappa shape index (κ2) is 8.53. The van der Waals surface area contributed by atoms with Crippen molar-refractivity contribution >= 4 is 29.5 Å². The molecule has 0 radical (unpaired) electrons. The lowest BCUT2D eigenvalue weighted by atomic mass is 10.1. The van der Waals surface area contributed by atoms with Crippen LogP contribution in [0.5, 0.6) is 0 Å². The van der Waals surface area contributed by atoms with E-state index in [9.17, 15) is 9.59 Å². The molecule has 0 unspecified atom stereocenters. The first-order valence-electron chi connectivity index (χ1n) is 8.64. The normalized spacial score (nSPS) is 15.5. The molecule has 1 aromatic rings. The Morgan fingerprint density at radius 1 is 1.31 bits per heavy atom. The zero-order chi connectivity index (χ0) is 19.3. The minimum atomic E-state index is -0.613. The third-order valence-corrected chi connectivity index (χ3v) is 3.85. The smallest absolute Gasteiger partial charge is 0.410 e. The van der Waals surface area contributed by atoms with Crippen LogP contribution in [0.15, 0.2) is 6.07 Å². The number of nitrogens with zero attached hydrogens (tertiary/aromatic N) is 3. The molecule has 1 aromatic heterocycles. The molecule has 9 heteroatoms. The molecule has 144 valence electrons. The van der Waals surface area contributed by atoms with Gasteiger partial charge in [-0.15, -0.1) is 0 Å². The monoisotopic (exact) mass is 384 g/mol. The predicted octanol–water partition coefficient (Wildman–Crippen LogP) is 3.12. The quantitative estimate of drug-likeness (QED) is 0.629. The van der Waals surface area contributed by atoms with Crippen LogP contribution in [0, 0.1) is 0 Å². The zero-order valence-electron chi connectivity index (χ0n) is 15.5. The van der Waals surface area contributed by atoms with Crippen LogP contribution >= 0.6 is 11.6 Å². The lowest BCUT2D eigenvalue weighted by molar-refractivity contribution is 0.0210. The van der Waals surface area contributed by atoms with Crippen molar-refractivity contribution in [3.8, 4) is 0 Å². The number of piperidine rings is 1. The highest BCUT2D eigenvalue weighted by Gasteiger charge is 2.27. The summed E-state index contributed by atoms with van der Waals surface area (Å²) in [6.07, 6.45) is 1.16. The summed E-state index contributed by atoms with van der Waals surface area (Å²) < 4.78 is 10.3. The third kappa shape index (κ3) is 6.01. The van der Waals surface area contributed by atoms with Crippen molar-refractivity contribution < 1.29 is 19.1 Å². The summed E-state index contributed by atoms with van der Waals surface area (Å²) in [6.45, 7) is 8.64. The molecule has 0 bridgehead atoms. The molecular weight excluding hydrogens is 360 g/mol. The maximum Gasteiger partial charge on any atom is 0.410 e. The summed E-state index contributed by atoms with van der Waals surface area (Å²) in [7, 11) is 0. The van der Waals surface area contributed by atoms with Gasteiger partial charge < -0.3 is 19.7 Å². The first-order chi connectivity index (χ1) is 12.2. The fourth-order valence-corrected chi connectivity index (χ4v) is 2.70. The van der Waals surface area contributed by atoms with Crippen LogP contribution in [0.2, 0.25) is 5.15 Å². The number of carbonyl (C=O) groups is 2. The highest BCUT2D eigenvalue weighted by molar-refractivity contribution is 6.29. The van der Waals surface area contributed by atoms with E-state index < -0.39 is 11.6 Å². The van der Waals surface area contributed by atoms with E-state index in [0.717, 1.165) is 12.8 Å². The van der Waals surface area contributed by atoms with Gasteiger partial charge in [-0.05, 0) is 40.5 Å². The number of aromatic nitrogens is 2. The van der Waals surface area contributed by atoms with Gasteiger partial charge in [-0.3, -0.25) is 0 Å². The second-order valence-electron chi connectivity index (χ2n) is 7.01. The minimum Gasteiger partial charge on any atom is -0.460 e. The maximum absolute atomic E-state index is 12.1. The first-order valence-corrected chi connectivity index (χ1v) is 9.02. The Morgan fingerprint density at radius 2 is 1.96 bits per heavy atom. The molecule has 0 aliphatic carbocycles. The van der Waals surface area contributed by atoms with Gasteiger partial charge >= 0.3 is 12.1 Å². The van der Waals surface area contributed by atoms with Crippen LogP contribution in [-0.4, -0.2) is 58.3 Å². The largest absolute Gasteiger partial charge is 0.460 e. The lowest BCUT2D eigenvalue weighted by Gasteiger charge is -2.33. The van der Waals surface area contributed by atoms with E-state index in [1.807, 2.05) is 20.8 Å². The second-order valence-corrected chi connectivity index (χ2v) is 7.39. The van der Waals surface area contributed by atoms with Crippen LogP contribution in [-0.2, 0) is 9.47 Å². The van der Waals surface area contributed by atoms with E-state index in [2.05, 4.69) is 15.3 Å². The van der Waals surface area contributed by atoms with Gasteiger partial charge in [0.1, 0.15) is 16.6 Å². The molecule has 1 aliphatic rings. The lowest BCUT2D eigenvalue weighted by Crippen LogP contribution is -2.44. The van der Waals surface area contributed by atoms with Gasteiger partial charge in [0.15, 0.2) is 0 Å². The number of ether oxygens (including phenoxy) is 2. The molecular formula is C17H25ClN4O4. The van der Waals surface area contributed by atoms with Crippen molar-refractivity contribution in [3.63, 3.8) is 0 Å². The van der Waals surface area contributed by atoms with Gasteiger partial charge in [0, 0.05) is 25.2 Å². The minimum absolute atomic E-state index is 0.0759. The Kier molecular flexibility index (Phi) is 6.63. The van der Waals surface area contributed by atoms with Crippen LogP contribution < -0.4 is 5.32 Å². The molecule has 0 aromatic carbocycles. The number of hydrogen-bond acceptors (Lipinski definition) is 7. The summed E-state index contributed by atoms with van der Waals surface area (Å²) in [6, 6.07) is 1.67. The molecule has 26 heavy (non-hydrogen) atoms. The molecule has 2 heterocycles. The first kappa shape index (κ1) is 20.2. The number of amides is 1. The highest BCUT2D eigenvalue weighted by atomic mass is 35.5. The Balaban J connectivity index is 1.93. The molecule has 2 rings (SSSR count). The van der Waals surface area contributed by atoms with Gasteiger partial charge in [-0.25, -0.2) is 19.6 Å². The van der Waals surface area contributed by atoms with Gasteiger partial charge in [0.25, 0.3) is 0 Å². The zero-order valence-corrected chi connectivity index (χ0v) is 16.3. The predicted molar refractivity (Wildman–Crippen MR) is 97.5 cm³/mol. The van der Waals surface area contributed by atoms with Crippen LogP contribution in [0.4, 0.5) is 10.6 Å². The van der Waals surface area contributed by atoms with Crippen molar-refractivity contribution in [1.29, 1.82) is 0 Å². The number of halogens is 1. The van der Waals surface area contributed by atoms with E-state index in [1.54, 1.807) is 17.9 Å². The van der Waals surface area contributed by atoms with Crippen molar-refractivity contribution in [2.45, 2.75) is 52.2 Å². The molecule has 1 amide bonds. The Hall–Kier alpha value is -2.09. The van der Waals surface area contributed by atoms with Gasteiger partial charge in [-0.1, -0.05) is 11.6 Å². The van der Waals surface area contributed by atoms with Crippen LogP contribution in [0.3, 0.4) is 0 Å². The number of rotatable bonds is 4. The molecule has 0 spiro atoms. The fourth-order valence-electron chi connectivity index (χ4n) is 2.52. The molecule has 0 atom stereocenters. The van der Waals surface area contributed by atoms with Crippen molar-refractivity contribution in [2.75, 3.05) is 25.0 Å². The number of carbonyl (C=O) groups excluding carboxylic acids is 2. The van der Waals surface area contributed by atoms with Gasteiger partial charge in [0.05, 0.1) is 6.61 Å². The molecule has 0 saturated carbocycles. The number of hydrogen-bond donors (Lipinski definition) is 1. The number of esters is 1. The standard InChI is InChI=1S/C17H25ClN4O4/c1-5-25-15(23)14-20-12(18)10-13(21-14)19-11-6-8-22(9-7-11)16(24)26-17(2,3)4/h10-11H,5-9H2,1-4H3,(H,19,20,21). The average molecular weight is 385 g/mol. The Labute approximate surface area is 158 Å². The summed E-state index contributed by atoms with van der Waals surface area (Å²) in [5.74, 6) is -0.227. The molecule has 1 N–H and O–H groups in total. The van der Waals surface area contributed by atoms with E-state index in [0.29, 0.717) is 18.9 Å².